The van der Waals surface area contributed by atoms with E-state index >= 15 is 0 Å². The average Bonchev–Trinajstić information content (AvgIpc) is 3.28. The minimum Gasteiger partial charge on any atom is -0.389 e. The van der Waals surface area contributed by atoms with Gasteiger partial charge >= 0.3 is 0 Å². The third-order valence-electron chi connectivity index (χ3n) is 3.28. The Morgan fingerprint density at radius 2 is 1.59 bits per heavy atom. The minimum absolute atomic E-state index is 0.771. The molecule has 3 aromatic heterocycles. The summed E-state index contributed by atoms with van der Waals surface area (Å²) in [5.41, 5.74) is 8.12. The van der Waals surface area contributed by atoms with Crippen LogP contribution in [0.25, 0.3) is 30.9 Å². The lowest BCUT2D eigenvalue weighted by Gasteiger charge is -1.96. The summed E-state index contributed by atoms with van der Waals surface area (Å²) < 4.78 is 0. The molecule has 0 aliphatic rings. The van der Waals surface area contributed by atoms with Crippen molar-refractivity contribution in [3.05, 3.63) is 60.0 Å². The zero-order chi connectivity index (χ0) is 14.9. The minimum atomic E-state index is 0.771. The number of hydrogen-bond acceptors (Lipinski definition) is 5. The van der Waals surface area contributed by atoms with E-state index in [1.807, 2.05) is 30.3 Å². The second-order valence-corrected chi connectivity index (χ2v) is 7.80. The van der Waals surface area contributed by atoms with Gasteiger partial charge in [-0.1, -0.05) is 47.7 Å². The monoisotopic (exact) mass is 340 g/mol. The van der Waals surface area contributed by atoms with Crippen LogP contribution >= 0.6 is 34.0 Å². The molecule has 0 fully saturated rings. The highest BCUT2D eigenvalue weighted by atomic mass is 32.1. The van der Waals surface area contributed by atoms with Crippen molar-refractivity contribution in [2.75, 3.05) is 5.73 Å². The molecular formula is C17H12N2S3. The van der Waals surface area contributed by atoms with Crippen LogP contribution in [0.5, 0.6) is 0 Å². The molecule has 1 aromatic carbocycles. The Bertz CT molecular complexity index is 889. The number of hydrogen-bond donors (Lipinski definition) is 1. The molecule has 108 valence electrons. The maximum atomic E-state index is 6.17. The van der Waals surface area contributed by atoms with E-state index in [-0.39, 0.29) is 0 Å². The molecule has 3 heterocycles. The molecule has 0 bridgehead atoms. The molecule has 0 amide bonds. The predicted molar refractivity (Wildman–Crippen MR) is 98.6 cm³/mol. The fourth-order valence-corrected chi connectivity index (χ4v) is 4.99. The number of nitrogen functional groups attached to an aromatic ring is 1. The number of nitrogens with two attached hydrogens (primary N) is 1. The number of thiazole rings is 1. The van der Waals surface area contributed by atoms with Crippen LogP contribution in [0.15, 0.2) is 60.0 Å². The van der Waals surface area contributed by atoms with Crippen LogP contribution in [0.3, 0.4) is 0 Å². The molecule has 0 aliphatic heterocycles. The molecule has 4 rings (SSSR count). The maximum absolute atomic E-state index is 6.17. The van der Waals surface area contributed by atoms with Gasteiger partial charge in [0.1, 0.15) is 15.7 Å². The molecule has 0 spiro atoms. The normalized spacial score (nSPS) is 10.9. The molecule has 5 heteroatoms. The van der Waals surface area contributed by atoms with Crippen LogP contribution in [-0.2, 0) is 0 Å². The highest BCUT2D eigenvalue weighted by Crippen LogP contribution is 2.41. The Labute approximate surface area is 140 Å². The summed E-state index contributed by atoms with van der Waals surface area (Å²) in [6.45, 7) is 0. The summed E-state index contributed by atoms with van der Waals surface area (Å²) in [6.07, 6.45) is 0. The lowest BCUT2D eigenvalue weighted by atomic mass is 10.2. The lowest BCUT2D eigenvalue weighted by Crippen LogP contribution is -1.84. The summed E-state index contributed by atoms with van der Waals surface area (Å²) in [4.78, 5) is 8.49. The van der Waals surface area contributed by atoms with E-state index in [1.54, 1.807) is 34.0 Å². The number of rotatable bonds is 3. The van der Waals surface area contributed by atoms with E-state index in [2.05, 4.69) is 29.6 Å². The van der Waals surface area contributed by atoms with Crippen molar-refractivity contribution in [3.63, 3.8) is 0 Å². The highest BCUT2D eigenvalue weighted by Gasteiger charge is 2.14. The summed E-state index contributed by atoms with van der Waals surface area (Å²) in [6, 6.07) is 18.6. The summed E-state index contributed by atoms with van der Waals surface area (Å²) in [5.74, 6) is 0. The van der Waals surface area contributed by atoms with Crippen LogP contribution in [0.1, 0.15) is 0 Å². The predicted octanol–water partition coefficient (Wildman–Crippen LogP) is 5.85. The number of nitrogens with zero attached hydrogens (tertiary/aromatic N) is 1. The molecule has 2 N–H and O–H groups in total. The summed E-state index contributed by atoms with van der Waals surface area (Å²) in [5, 5.41) is 3.86. The third-order valence-corrected chi connectivity index (χ3v) is 6.49. The maximum Gasteiger partial charge on any atom is 0.136 e. The number of aromatic nitrogens is 1. The van der Waals surface area contributed by atoms with Gasteiger partial charge in [0, 0.05) is 15.3 Å². The fourth-order valence-electron chi connectivity index (χ4n) is 2.24. The Kier molecular flexibility index (Phi) is 3.54. The molecule has 0 saturated heterocycles. The van der Waals surface area contributed by atoms with Crippen LogP contribution in [0, 0.1) is 0 Å². The van der Waals surface area contributed by atoms with Gasteiger partial charge in [0.2, 0.25) is 0 Å². The third kappa shape index (κ3) is 2.47. The van der Waals surface area contributed by atoms with E-state index in [0.29, 0.717) is 0 Å². The van der Waals surface area contributed by atoms with Gasteiger partial charge in [0.25, 0.3) is 0 Å². The summed E-state index contributed by atoms with van der Waals surface area (Å²) in [7, 11) is 0. The van der Waals surface area contributed by atoms with Crippen molar-refractivity contribution < 1.29 is 0 Å². The molecule has 0 radical (unpaired) electrons. The topological polar surface area (TPSA) is 38.9 Å². The summed E-state index contributed by atoms with van der Waals surface area (Å²) >= 11 is 5.08. The van der Waals surface area contributed by atoms with Gasteiger partial charge < -0.3 is 5.73 Å². The van der Waals surface area contributed by atoms with Crippen molar-refractivity contribution in [1.82, 2.24) is 4.98 Å². The Hall–Kier alpha value is -1.95. The first-order valence-corrected chi connectivity index (χ1v) is 9.28. The van der Waals surface area contributed by atoms with Gasteiger partial charge in [0.15, 0.2) is 0 Å². The van der Waals surface area contributed by atoms with Gasteiger partial charge in [-0.25, -0.2) is 4.98 Å². The van der Waals surface area contributed by atoms with Crippen LogP contribution in [0.4, 0.5) is 5.00 Å². The zero-order valence-corrected chi connectivity index (χ0v) is 14.0. The first-order chi connectivity index (χ1) is 10.8. The lowest BCUT2D eigenvalue weighted by molar-refractivity contribution is 1.41. The molecule has 4 aromatic rings. The molecule has 0 saturated carbocycles. The van der Waals surface area contributed by atoms with Crippen molar-refractivity contribution in [2.45, 2.75) is 0 Å². The highest BCUT2D eigenvalue weighted by molar-refractivity contribution is 7.27. The number of thiophene rings is 2. The van der Waals surface area contributed by atoms with Gasteiger partial charge in [0.05, 0.1) is 4.88 Å². The van der Waals surface area contributed by atoms with Gasteiger partial charge in [-0.2, -0.15) is 0 Å². The van der Waals surface area contributed by atoms with Gasteiger partial charge in [-0.05, 0) is 23.6 Å². The molecule has 22 heavy (non-hydrogen) atoms. The Morgan fingerprint density at radius 3 is 2.36 bits per heavy atom. The van der Waals surface area contributed by atoms with E-state index in [4.69, 9.17) is 10.7 Å². The van der Waals surface area contributed by atoms with Crippen LogP contribution < -0.4 is 5.73 Å². The van der Waals surface area contributed by atoms with Crippen molar-refractivity contribution >= 4 is 39.0 Å². The Balaban J connectivity index is 1.72. The van der Waals surface area contributed by atoms with Gasteiger partial charge in [-0.15, -0.1) is 22.7 Å². The largest absolute Gasteiger partial charge is 0.389 e. The average molecular weight is 340 g/mol. The molecule has 0 atom stereocenters. The first kappa shape index (κ1) is 13.7. The smallest absolute Gasteiger partial charge is 0.136 e. The molecule has 0 aliphatic carbocycles. The standard InChI is InChI=1S/C17H12N2S3/c18-16-15(11-5-2-1-3-6-11)19-17(22-16)14-9-8-13(21-14)12-7-4-10-20-12/h1-10H,18H2. The molecule has 0 unspecified atom stereocenters. The second-order valence-electron chi connectivity index (χ2n) is 4.74. The van der Waals surface area contributed by atoms with E-state index in [0.717, 1.165) is 21.3 Å². The Morgan fingerprint density at radius 1 is 0.773 bits per heavy atom. The van der Waals surface area contributed by atoms with Gasteiger partial charge in [-0.3, -0.25) is 0 Å². The van der Waals surface area contributed by atoms with E-state index in [1.165, 1.54) is 14.6 Å². The van der Waals surface area contributed by atoms with Crippen LogP contribution in [0.2, 0.25) is 0 Å². The van der Waals surface area contributed by atoms with E-state index in [9.17, 15) is 0 Å². The number of anilines is 1. The van der Waals surface area contributed by atoms with Crippen LogP contribution in [-0.4, -0.2) is 4.98 Å². The van der Waals surface area contributed by atoms with E-state index < -0.39 is 0 Å². The molecule has 2 nitrogen and oxygen atoms in total. The zero-order valence-electron chi connectivity index (χ0n) is 11.5. The SMILES string of the molecule is Nc1sc(-c2ccc(-c3cccs3)s2)nc1-c1ccccc1. The second kappa shape index (κ2) is 5.68. The number of benzene rings is 1. The van der Waals surface area contributed by atoms with Crippen molar-refractivity contribution in [1.29, 1.82) is 0 Å². The first-order valence-electron chi connectivity index (χ1n) is 6.77. The fraction of sp³-hybridized carbons (Fsp3) is 0. The quantitative estimate of drug-likeness (QED) is 0.508. The van der Waals surface area contributed by atoms with Crippen molar-refractivity contribution in [3.8, 4) is 30.9 Å². The van der Waals surface area contributed by atoms with Crippen molar-refractivity contribution in [2.24, 2.45) is 0 Å². The molecular weight excluding hydrogens is 328 g/mol.